The number of pyridine rings is 1. The molecule has 4 heteroatoms. The van der Waals surface area contributed by atoms with Crippen molar-refractivity contribution in [2.75, 3.05) is 20.2 Å². The number of fused-ring (bicyclic) bond motifs is 1. The predicted molar refractivity (Wildman–Crippen MR) is 79.9 cm³/mol. The van der Waals surface area contributed by atoms with E-state index in [9.17, 15) is 0 Å². The van der Waals surface area contributed by atoms with Crippen molar-refractivity contribution in [1.29, 1.82) is 0 Å². The number of imidazole rings is 1. The lowest BCUT2D eigenvalue weighted by molar-refractivity contribution is -0.0529. The summed E-state index contributed by atoms with van der Waals surface area (Å²) in [6.07, 6.45) is 6.54. The first kappa shape index (κ1) is 13.6. The van der Waals surface area contributed by atoms with Crippen molar-refractivity contribution in [2.24, 2.45) is 0 Å². The van der Waals surface area contributed by atoms with E-state index in [1.165, 1.54) is 12.0 Å². The Hall–Kier alpha value is -1.39. The van der Waals surface area contributed by atoms with Gasteiger partial charge in [-0.15, -0.1) is 0 Å². The molecule has 1 unspecified atom stereocenters. The number of piperidine rings is 1. The minimum atomic E-state index is -0.00662. The van der Waals surface area contributed by atoms with E-state index in [1.807, 2.05) is 7.11 Å². The average Bonchev–Trinajstić information content (AvgIpc) is 2.83. The number of ether oxygens (including phenoxy) is 1. The summed E-state index contributed by atoms with van der Waals surface area (Å²) in [5, 5.41) is 0. The SMILES string of the molecule is COC1(C)CCCN(Cc2cn3cccc(C)c3n2)C1. The van der Waals surface area contributed by atoms with Gasteiger partial charge in [0.2, 0.25) is 0 Å². The van der Waals surface area contributed by atoms with Gasteiger partial charge >= 0.3 is 0 Å². The van der Waals surface area contributed by atoms with Gasteiger partial charge in [-0.3, -0.25) is 4.90 Å². The Bertz CT molecular complexity index is 607. The summed E-state index contributed by atoms with van der Waals surface area (Å²) in [4.78, 5) is 7.21. The summed E-state index contributed by atoms with van der Waals surface area (Å²) < 4.78 is 7.77. The second-order valence-corrected chi connectivity index (χ2v) is 6.12. The molecule has 1 saturated heterocycles. The zero-order chi connectivity index (χ0) is 14.2. The summed E-state index contributed by atoms with van der Waals surface area (Å²) in [5.74, 6) is 0. The molecule has 0 N–H and O–H groups in total. The van der Waals surface area contributed by atoms with E-state index in [-0.39, 0.29) is 5.60 Å². The summed E-state index contributed by atoms with van der Waals surface area (Å²) in [7, 11) is 1.82. The smallest absolute Gasteiger partial charge is 0.139 e. The van der Waals surface area contributed by atoms with E-state index in [1.54, 1.807) is 0 Å². The van der Waals surface area contributed by atoms with Gasteiger partial charge in [0, 0.05) is 32.6 Å². The van der Waals surface area contributed by atoms with Crippen LogP contribution in [0, 0.1) is 6.92 Å². The molecule has 108 valence electrons. The van der Waals surface area contributed by atoms with Crippen molar-refractivity contribution in [3.8, 4) is 0 Å². The van der Waals surface area contributed by atoms with E-state index in [4.69, 9.17) is 9.72 Å². The van der Waals surface area contributed by atoms with Crippen LogP contribution in [0.2, 0.25) is 0 Å². The molecule has 3 rings (SSSR count). The molecule has 20 heavy (non-hydrogen) atoms. The van der Waals surface area contributed by atoms with Crippen molar-refractivity contribution >= 4 is 5.65 Å². The molecule has 0 spiro atoms. The number of aryl methyl sites for hydroxylation is 1. The van der Waals surface area contributed by atoms with Gasteiger partial charge in [0.05, 0.1) is 11.3 Å². The van der Waals surface area contributed by atoms with Gasteiger partial charge in [0.25, 0.3) is 0 Å². The van der Waals surface area contributed by atoms with Gasteiger partial charge < -0.3 is 9.14 Å². The molecule has 0 aromatic carbocycles. The van der Waals surface area contributed by atoms with Crippen LogP contribution in [-0.4, -0.2) is 40.1 Å². The van der Waals surface area contributed by atoms with Gasteiger partial charge in [-0.25, -0.2) is 4.98 Å². The molecule has 0 bridgehead atoms. The fourth-order valence-corrected chi connectivity index (χ4v) is 3.12. The molecule has 1 aliphatic heterocycles. The first-order valence-corrected chi connectivity index (χ1v) is 7.30. The largest absolute Gasteiger partial charge is 0.377 e. The van der Waals surface area contributed by atoms with Gasteiger partial charge in [-0.05, 0) is 44.9 Å². The Morgan fingerprint density at radius 2 is 2.30 bits per heavy atom. The fraction of sp³-hybridized carbons (Fsp3) is 0.562. The van der Waals surface area contributed by atoms with E-state index in [0.717, 1.165) is 37.4 Å². The molecule has 4 nitrogen and oxygen atoms in total. The van der Waals surface area contributed by atoms with Crippen LogP contribution in [0.15, 0.2) is 24.5 Å². The lowest BCUT2D eigenvalue weighted by atomic mass is 9.95. The highest BCUT2D eigenvalue weighted by Crippen LogP contribution is 2.25. The highest BCUT2D eigenvalue weighted by atomic mass is 16.5. The van der Waals surface area contributed by atoms with Crippen LogP contribution in [0.1, 0.15) is 31.0 Å². The van der Waals surface area contributed by atoms with Crippen LogP contribution < -0.4 is 0 Å². The summed E-state index contributed by atoms with van der Waals surface area (Å²) >= 11 is 0. The third-order valence-electron chi connectivity index (χ3n) is 4.34. The number of hydrogen-bond donors (Lipinski definition) is 0. The number of rotatable bonds is 3. The molecular weight excluding hydrogens is 250 g/mol. The molecule has 3 heterocycles. The molecule has 0 amide bonds. The van der Waals surface area contributed by atoms with Crippen molar-refractivity contribution in [1.82, 2.24) is 14.3 Å². The predicted octanol–water partition coefficient (Wildman–Crippen LogP) is 2.64. The molecule has 0 saturated carbocycles. The maximum Gasteiger partial charge on any atom is 0.139 e. The van der Waals surface area contributed by atoms with Crippen molar-refractivity contribution in [3.63, 3.8) is 0 Å². The standard InChI is InChI=1S/C16H23N3O/c1-13-6-4-9-19-11-14(17-15(13)19)10-18-8-5-7-16(2,12-18)20-3/h4,6,9,11H,5,7-8,10,12H2,1-3H3. The number of aromatic nitrogens is 2. The van der Waals surface area contributed by atoms with Gasteiger partial charge in [-0.1, -0.05) is 6.07 Å². The fourth-order valence-electron chi connectivity index (χ4n) is 3.12. The number of hydrogen-bond acceptors (Lipinski definition) is 3. The van der Waals surface area contributed by atoms with Crippen LogP contribution in [0.25, 0.3) is 5.65 Å². The lowest BCUT2D eigenvalue weighted by Gasteiger charge is -2.39. The molecule has 0 aliphatic carbocycles. The normalized spacial score (nSPS) is 24.4. The van der Waals surface area contributed by atoms with E-state index in [0.29, 0.717) is 0 Å². The Morgan fingerprint density at radius 1 is 1.45 bits per heavy atom. The Balaban J connectivity index is 1.77. The van der Waals surface area contributed by atoms with Crippen LogP contribution in [0.4, 0.5) is 0 Å². The van der Waals surface area contributed by atoms with Crippen molar-refractivity contribution < 1.29 is 4.74 Å². The molecule has 2 aromatic heterocycles. The lowest BCUT2D eigenvalue weighted by Crippen LogP contribution is -2.46. The topological polar surface area (TPSA) is 29.8 Å². The van der Waals surface area contributed by atoms with Crippen LogP contribution in [0.3, 0.4) is 0 Å². The second kappa shape index (κ2) is 5.19. The van der Waals surface area contributed by atoms with Gasteiger partial charge in [-0.2, -0.15) is 0 Å². The highest BCUT2D eigenvalue weighted by molar-refractivity contribution is 5.47. The number of nitrogens with zero attached hydrogens (tertiary/aromatic N) is 3. The molecule has 1 aliphatic rings. The quantitative estimate of drug-likeness (QED) is 0.861. The molecular formula is C16H23N3O. The monoisotopic (exact) mass is 273 g/mol. The summed E-state index contributed by atoms with van der Waals surface area (Å²) in [6.45, 7) is 7.32. The maximum absolute atomic E-state index is 5.66. The van der Waals surface area contributed by atoms with Gasteiger partial charge in [0.1, 0.15) is 5.65 Å². The van der Waals surface area contributed by atoms with E-state index in [2.05, 4.69) is 47.7 Å². The molecule has 0 radical (unpaired) electrons. The Labute approximate surface area is 120 Å². The summed E-state index contributed by atoms with van der Waals surface area (Å²) in [6, 6.07) is 4.17. The molecule has 2 aromatic rings. The van der Waals surface area contributed by atoms with Crippen LogP contribution in [0.5, 0.6) is 0 Å². The Kier molecular flexibility index (Phi) is 3.52. The van der Waals surface area contributed by atoms with Gasteiger partial charge in [0.15, 0.2) is 0 Å². The Morgan fingerprint density at radius 3 is 3.05 bits per heavy atom. The molecule has 1 fully saturated rings. The highest BCUT2D eigenvalue weighted by Gasteiger charge is 2.30. The second-order valence-electron chi connectivity index (χ2n) is 6.12. The third-order valence-corrected chi connectivity index (χ3v) is 4.34. The minimum Gasteiger partial charge on any atom is -0.377 e. The zero-order valence-corrected chi connectivity index (χ0v) is 12.6. The number of likely N-dealkylation sites (tertiary alicyclic amines) is 1. The van der Waals surface area contributed by atoms with Crippen LogP contribution in [-0.2, 0) is 11.3 Å². The molecule has 1 atom stereocenters. The maximum atomic E-state index is 5.66. The first-order valence-electron chi connectivity index (χ1n) is 7.30. The number of methoxy groups -OCH3 is 1. The zero-order valence-electron chi connectivity index (χ0n) is 12.6. The van der Waals surface area contributed by atoms with Crippen LogP contribution >= 0.6 is 0 Å². The minimum absolute atomic E-state index is 0.00662. The third kappa shape index (κ3) is 2.58. The summed E-state index contributed by atoms with van der Waals surface area (Å²) in [5.41, 5.74) is 3.42. The first-order chi connectivity index (χ1) is 9.59. The average molecular weight is 273 g/mol. The van der Waals surface area contributed by atoms with Crippen molar-refractivity contribution in [3.05, 3.63) is 35.8 Å². The van der Waals surface area contributed by atoms with E-state index >= 15 is 0 Å². The van der Waals surface area contributed by atoms with Crippen molar-refractivity contribution in [2.45, 2.75) is 38.8 Å². The van der Waals surface area contributed by atoms with E-state index < -0.39 is 0 Å².